The third-order valence-corrected chi connectivity index (χ3v) is 5.34. The first-order valence-electron chi connectivity index (χ1n) is 6.55. The first kappa shape index (κ1) is 14.4. The van der Waals surface area contributed by atoms with Gasteiger partial charge in [0.05, 0.1) is 0 Å². The fraction of sp³-hybridized carbons (Fsp3) is 0.769. The van der Waals surface area contributed by atoms with Crippen molar-refractivity contribution >= 4 is 29.6 Å². The maximum Gasteiger partial charge on any atom is 0.330 e. The lowest BCUT2D eigenvalue weighted by atomic mass is 9.82. The van der Waals surface area contributed by atoms with E-state index in [1.807, 2.05) is 20.1 Å². The van der Waals surface area contributed by atoms with Crippen LogP contribution in [0.15, 0.2) is 0 Å². The number of rotatable bonds is 3. The highest BCUT2D eigenvalue weighted by Gasteiger charge is 2.55. The van der Waals surface area contributed by atoms with E-state index < -0.39 is 17.4 Å². The molecule has 5 nitrogen and oxygen atoms in total. The van der Waals surface area contributed by atoms with Crippen molar-refractivity contribution in [2.45, 2.75) is 44.3 Å². The highest BCUT2D eigenvalue weighted by atomic mass is 32.2. The molecule has 1 N–H and O–H groups in total. The van der Waals surface area contributed by atoms with E-state index in [1.54, 1.807) is 11.8 Å². The highest BCUT2D eigenvalue weighted by Crippen LogP contribution is 2.42. The van der Waals surface area contributed by atoms with Gasteiger partial charge in [-0.25, -0.2) is 4.79 Å². The summed E-state index contributed by atoms with van der Waals surface area (Å²) < 4.78 is -0.215. The smallest absolute Gasteiger partial charge is 0.277 e. The van der Waals surface area contributed by atoms with Crippen molar-refractivity contribution < 1.29 is 14.4 Å². The zero-order chi connectivity index (χ0) is 14.3. The lowest BCUT2D eigenvalue weighted by molar-refractivity contribution is -0.151. The molecular weight excluding hydrogens is 264 g/mol. The Balaban J connectivity index is 2.26. The Bertz CT molecular complexity index is 428. The van der Waals surface area contributed by atoms with E-state index in [4.69, 9.17) is 0 Å². The van der Waals surface area contributed by atoms with E-state index in [9.17, 15) is 14.4 Å². The number of barbiturate groups is 1. The van der Waals surface area contributed by atoms with Crippen LogP contribution in [0.2, 0.25) is 0 Å². The SMILES string of the molecule is CSC(C)(C)CN1C(=O)NC(=O)C2(CCCC2)C1=O. The predicted octanol–water partition coefficient (Wildman–Crippen LogP) is 1.77. The summed E-state index contributed by atoms with van der Waals surface area (Å²) in [5.74, 6) is -0.709. The molecule has 2 aliphatic rings. The molecule has 0 unspecified atom stereocenters. The van der Waals surface area contributed by atoms with Crippen LogP contribution in [0.5, 0.6) is 0 Å². The number of hydrogen-bond acceptors (Lipinski definition) is 4. The van der Waals surface area contributed by atoms with Gasteiger partial charge < -0.3 is 0 Å². The lowest BCUT2D eigenvalue weighted by Crippen LogP contribution is -2.64. The molecule has 1 spiro atoms. The molecule has 0 aromatic heterocycles. The van der Waals surface area contributed by atoms with Gasteiger partial charge >= 0.3 is 6.03 Å². The maximum atomic E-state index is 12.6. The minimum atomic E-state index is -0.984. The van der Waals surface area contributed by atoms with Gasteiger partial charge in [0.15, 0.2) is 0 Å². The van der Waals surface area contributed by atoms with Crippen molar-refractivity contribution in [3.63, 3.8) is 0 Å². The number of carbonyl (C=O) groups is 3. The topological polar surface area (TPSA) is 66.5 Å². The predicted molar refractivity (Wildman–Crippen MR) is 73.7 cm³/mol. The van der Waals surface area contributed by atoms with E-state index in [0.29, 0.717) is 19.4 Å². The van der Waals surface area contributed by atoms with Gasteiger partial charge in [0.2, 0.25) is 11.8 Å². The van der Waals surface area contributed by atoms with Crippen LogP contribution in [0, 0.1) is 5.41 Å². The molecule has 1 aliphatic carbocycles. The molecule has 0 aromatic rings. The van der Waals surface area contributed by atoms with Gasteiger partial charge in [0, 0.05) is 11.3 Å². The van der Waals surface area contributed by atoms with Gasteiger partial charge in [-0.2, -0.15) is 11.8 Å². The summed E-state index contributed by atoms with van der Waals surface area (Å²) >= 11 is 1.60. The number of nitrogens with zero attached hydrogens (tertiary/aromatic N) is 1. The van der Waals surface area contributed by atoms with Crippen molar-refractivity contribution in [1.82, 2.24) is 10.2 Å². The summed E-state index contributed by atoms with van der Waals surface area (Å²) in [7, 11) is 0. The third-order valence-electron chi connectivity index (χ3n) is 4.10. The average Bonchev–Trinajstić information content (AvgIpc) is 2.84. The largest absolute Gasteiger partial charge is 0.330 e. The van der Waals surface area contributed by atoms with Gasteiger partial charge in [0.1, 0.15) is 5.41 Å². The van der Waals surface area contributed by atoms with Crippen LogP contribution in [-0.2, 0) is 9.59 Å². The number of nitrogens with one attached hydrogen (secondary N) is 1. The number of urea groups is 1. The highest BCUT2D eigenvalue weighted by molar-refractivity contribution is 7.99. The molecule has 1 saturated heterocycles. The average molecular weight is 284 g/mol. The summed E-state index contributed by atoms with van der Waals surface area (Å²) in [4.78, 5) is 37.8. The zero-order valence-electron chi connectivity index (χ0n) is 11.6. The second-order valence-corrected chi connectivity index (χ2v) is 7.42. The minimum Gasteiger partial charge on any atom is -0.277 e. The Kier molecular flexibility index (Phi) is 3.64. The Morgan fingerprint density at radius 2 is 1.84 bits per heavy atom. The molecule has 19 heavy (non-hydrogen) atoms. The van der Waals surface area contributed by atoms with Crippen LogP contribution < -0.4 is 5.32 Å². The van der Waals surface area contributed by atoms with E-state index in [2.05, 4.69) is 5.32 Å². The Morgan fingerprint density at radius 1 is 1.26 bits per heavy atom. The Hall–Kier alpha value is -1.04. The molecule has 0 atom stereocenters. The molecule has 4 amide bonds. The zero-order valence-corrected chi connectivity index (χ0v) is 12.4. The van der Waals surface area contributed by atoms with Crippen LogP contribution >= 0.6 is 11.8 Å². The molecule has 6 heteroatoms. The quantitative estimate of drug-likeness (QED) is 0.802. The van der Waals surface area contributed by atoms with Gasteiger partial charge in [0.25, 0.3) is 0 Å². The number of carbonyl (C=O) groups excluding carboxylic acids is 3. The second kappa shape index (κ2) is 4.81. The fourth-order valence-electron chi connectivity index (χ4n) is 2.74. The number of amides is 4. The van der Waals surface area contributed by atoms with Gasteiger partial charge in [-0.1, -0.05) is 12.8 Å². The molecule has 1 heterocycles. The summed E-state index contributed by atoms with van der Waals surface area (Å²) in [6.07, 6.45) is 4.80. The van der Waals surface area contributed by atoms with Crippen LogP contribution in [-0.4, -0.2) is 40.3 Å². The summed E-state index contributed by atoms with van der Waals surface area (Å²) in [5, 5.41) is 2.36. The van der Waals surface area contributed by atoms with Crippen molar-refractivity contribution in [2.24, 2.45) is 5.41 Å². The van der Waals surface area contributed by atoms with Crippen LogP contribution in [0.1, 0.15) is 39.5 Å². The monoisotopic (exact) mass is 284 g/mol. The summed E-state index contributed by atoms with van der Waals surface area (Å²) in [5.41, 5.74) is -0.984. The van der Waals surface area contributed by atoms with Gasteiger partial charge in [-0.15, -0.1) is 0 Å². The Morgan fingerprint density at radius 3 is 2.37 bits per heavy atom. The second-order valence-electron chi connectivity index (χ2n) is 5.90. The molecule has 106 valence electrons. The standard InChI is InChI=1S/C13H20N2O3S/c1-12(2,19-3)8-15-10(17)13(6-4-5-7-13)9(16)14-11(15)18/h4-8H2,1-3H3,(H,14,16,18). The van der Waals surface area contributed by atoms with Gasteiger partial charge in [-0.3, -0.25) is 19.8 Å². The minimum absolute atomic E-state index is 0.215. The Labute approximate surface area is 117 Å². The molecule has 0 aromatic carbocycles. The molecule has 1 saturated carbocycles. The van der Waals surface area contributed by atoms with Crippen molar-refractivity contribution in [2.75, 3.05) is 12.8 Å². The summed E-state index contributed by atoms with van der Waals surface area (Å²) in [6, 6.07) is -0.574. The first-order chi connectivity index (χ1) is 8.82. The molecule has 1 aliphatic heterocycles. The fourth-order valence-corrected chi connectivity index (χ4v) is 3.00. The number of thioether (sulfide) groups is 1. The van der Waals surface area contributed by atoms with Crippen LogP contribution in [0.25, 0.3) is 0 Å². The third kappa shape index (κ3) is 2.38. The van der Waals surface area contributed by atoms with Crippen molar-refractivity contribution in [1.29, 1.82) is 0 Å². The van der Waals surface area contributed by atoms with Crippen LogP contribution in [0.4, 0.5) is 4.79 Å². The van der Waals surface area contributed by atoms with Gasteiger partial charge in [-0.05, 0) is 32.9 Å². The van der Waals surface area contributed by atoms with Crippen LogP contribution in [0.3, 0.4) is 0 Å². The van der Waals surface area contributed by atoms with E-state index in [1.165, 1.54) is 4.90 Å². The number of imide groups is 2. The lowest BCUT2D eigenvalue weighted by Gasteiger charge is -2.39. The summed E-state index contributed by atoms with van der Waals surface area (Å²) in [6.45, 7) is 4.29. The molecule has 0 bridgehead atoms. The van der Waals surface area contributed by atoms with Crippen molar-refractivity contribution in [3.8, 4) is 0 Å². The van der Waals surface area contributed by atoms with E-state index in [0.717, 1.165) is 12.8 Å². The molecule has 0 radical (unpaired) electrons. The van der Waals surface area contributed by atoms with Crippen molar-refractivity contribution in [3.05, 3.63) is 0 Å². The molecular formula is C13H20N2O3S. The number of hydrogen-bond donors (Lipinski definition) is 1. The normalized spacial score (nSPS) is 23.1. The first-order valence-corrected chi connectivity index (χ1v) is 7.77. The molecule has 2 fully saturated rings. The molecule has 2 rings (SSSR count). The van der Waals surface area contributed by atoms with E-state index >= 15 is 0 Å². The van der Waals surface area contributed by atoms with E-state index in [-0.39, 0.29) is 10.7 Å². The maximum absolute atomic E-state index is 12.6.